The fourth-order valence-corrected chi connectivity index (χ4v) is 2.69. The molecule has 3 rings (SSSR count). The van der Waals surface area contributed by atoms with Crippen molar-refractivity contribution in [3.63, 3.8) is 0 Å². The molecule has 138 valence electrons. The van der Waals surface area contributed by atoms with E-state index in [0.717, 1.165) is 10.0 Å². The monoisotopic (exact) mass is 422 g/mol. The van der Waals surface area contributed by atoms with Crippen LogP contribution in [0.1, 0.15) is 18.0 Å². The number of nitrogens with two attached hydrogens (primary N) is 1. The molecule has 0 fully saturated rings. The first-order valence-corrected chi connectivity index (χ1v) is 8.61. The number of ketones is 1. The molecule has 0 amide bonds. The number of anilines is 1. The first-order chi connectivity index (χ1) is 12.4. The molecule has 0 radical (unpaired) electrons. The van der Waals surface area contributed by atoms with E-state index in [-0.39, 0.29) is 17.6 Å². The highest BCUT2D eigenvalue weighted by atomic mass is 79.9. The first-order valence-electron chi connectivity index (χ1n) is 7.82. The van der Waals surface area contributed by atoms with Crippen molar-refractivity contribution < 1.29 is 18.7 Å². The molecular formula is C19H20BrFN2O3. The molecule has 0 saturated heterocycles. The van der Waals surface area contributed by atoms with Gasteiger partial charge in [0.1, 0.15) is 5.82 Å². The molecular weight excluding hydrogens is 403 g/mol. The number of ether oxygens (including phenoxy) is 2. The summed E-state index contributed by atoms with van der Waals surface area (Å²) < 4.78 is 23.5. The molecule has 0 unspecified atom stereocenters. The lowest BCUT2D eigenvalue weighted by Crippen LogP contribution is -2.22. The largest absolute Gasteiger partial charge is 0.493 e. The molecule has 7 heteroatoms. The zero-order valence-electron chi connectivity index (χ0n) is 14.5. The lowest BCUT2D eigenvalue weighted by molar-refractivity contribution is -0.115. The van der Waals surface area contributed by atoms with Crippen molar-refractivity contribution in [3.05, 3.63) is 64.5 Å². The van der Waals surface area contributed by atoms with E-state index in [9.17, 15) is 9.18 Å². The molecule has 1 heterocycles. The van der Waals surface area contributed by atoms with Crippen LogP contribution >= 0.6 is 15.9 Å². The van der Waals surface area contributed by atoms with E-state index >= 15 is 0 Å². The number of hydrogen-bond acceptors (Lipinski definition) is 5. The minimum atomic E-state index is -0.258. The number of nitrogen functional groups attached to an aromatic ring is 1. The zero-order valence-corrected chi connectivity index (χ0v) is 16.0. The van der Waals surface area contributed by atoms with Gasteiger partial charge in [-0.1, -0.05) is 12.1 Å². The standard InChI is InChI=1S/C11H10FNO.C8H10BrNO2/c12-9-3-1-8(2-4-9)11-7-10(14)5-6-13-11;1-11-7-3-5(9)6(10)4-8(7)12-2/h1-6,11,13H,7H2;3-4H,10H2,1-2H3/t11-;/m0./s1. The minimum absolute atomic E-state index is 0.0203. The minimum Gasteiger partial charge on any atom is -0.493 e. The summed E-state index contributed by atoms with van der Waals surface area (Å²) >= 11 is 3.29. The predicted octanol–water partition coefficient (Wildman–Crippen LogP) is 3.99. The van der Waals surface area contributed by atoms with E-state index in [4.69, 9.17) is 15.2 Å². The molecule has 26 heavy (non-hydrogen) atoms. The maximum Gasteiger partial charge on any atom is 0.162 e. The van der Waals surface area contributed by atoms with E-state index in [2.05, 4.69) is 21.2 Å². The summed E-state index contributed by atoms with van der Waals surface area (Å²) in [7, 11) is 3.16. The topological polar surface area (TPSA) is 73.6 Å². The lowest BCUT2D eigenvalue weighted by atomic mass is 9.99. The Kier molecular flexibility index (Phi) is 7.03. The Morgan fingerprint density at radius 3 is 2.35 bits per heavy atom. The third kappa shape index (κ3) is 5.23. The smallest absolute Gasteiger partial charge is 0.162 e. The van der Waals surface area contributed by atoms with Crippen LogP contribution in [0, 0.1) is 5.82 Å². The van der Waals surface area contributed by atoms with E-state index in [0.29, 0.717) is 23.6 Å². The highest BCUT2D eigenvalue weighted by Crippen LogP contribution is 2.34. The Morgan fingerprint density at radius 2 is 1.77 bits per heavy atom. The Labute approximate surface area is 160 Å². The third-order valence-electron chi connectivity index (χ3n) is 3.75. The van der Waals surface area contributed by atoms with Crippen molar-refractivity contribution in [1.82, 2.24) is 5.32 Å². The molecule has 3 N–H and O–H groups in total. The number of benzene rings is 2. The Bertz CT molecular complexity index is 765. The summed E-state index contributed by atoms with van der Waals surface area (Å²) in [5.41, 5.74) is 7.20. The summed E-state index contributed by atoms with van der Waals surface area (Å²) in [6.07, 6.45) is 3.59. The van der Waals surface area contributed by atoms with Crippen molar-refractivity contribution in [3.8, 4) is 11.5 Å². The Balaban J connectivity index is 0.000000190. The molecule has 1 aliphatic rings. The summed E-state index contributed by atoms with van der Waals surface area (Å²) in [6, 6.07) is 9.66. The van der Waals surface area contributed by atoms with Crippen LogP contribution in [-0.4, -0.2) is 20.0 Å². The highest BCUT2D eigenvalue weighted by Gasteiger charge is 2.16. The van der Waals surface area contributed by atoms with Crippen molar-refractivity contribution in [1.29, 1.82) is 0 Å². The maximum atomic E-state index is 12.6. The molecule has 2 aromatic carbocycles. The number of rotatable bonds is 3. The number of carbonyl (C=O) groups excluding carboxylic acids is 1. The molecule has 1 atom stereocenters. The highest BCUT2D eigenvalue weighted by molar-refractivity contribution is 9.10. The maximum absolute atomic E-state index is 12.6. The van der Waals surface area contributed by atoms with Crippen molar-refractivity contribution in [2.75, 3.05) is 20.0 Å². The second kappa shape index (κ2) is 9.24. The molecule has 0 aliphatic carbocycles. The molecule has 5 nitrogen and oxygen atoms in total. The van der Waals surface area contributed by atoms with Crippen LogP contribution in [0.25, 0.3) is 0 Å². The molecule has 1 aliphatic heterocycles. The summed E-state index contributed by atoms with van der Waals surface area (Å²) in [5.74, 6) is 1.14. The summed E-state index contributed by atoms with van der Waals surface area (Å²) in [4.78, 5) is 11.1. The summed E-state index contributed by atoms with van der Waals surface area (Å²) in [5, 5.41) is 3.06. The van der Waals surface area contributed by atoms with E-state index in [1.807, 2.05) is 0 Å². The lowest BCUT2D eigenvalue weighted by Gasteiger charge is -2.19. The van der Waals surface area contributed by atoms with Crippen LogP contribution in [0.15, 0.2) is 53.1 Å². The van der Waals surface area contributed by atoms with Crippen LogP contribution in [0.5, 0.6) is 11.5 Å². The van der Waals surface area contributed by atoms with E-state index in [1.165, 1.54) is 18.2 Å². The molecule has 0 bridgehead atoms. The summed E-state index contributed by atoms with van der Waals surface area (Å²) in [6.45, 7) is 0. The van der Waals surface area contributed by atoms with Gasteiger partial charge in [0.25, 0.3) is 0 Å². The van der Waals surface area contributed by atoms with Gasteiger partial charge in [-0.05, 0) is 39.7 Å². The van der Waals surface area contributed by atoms with Gasteiger partial charge in [-0.2, -0.15) is 0 Å². The zero-order chi connectivity index (χ0) is 19.1. The van der Waals surface area contributed by atoms with Crippen LogP contribution < -0.4 is 20.5 Å². The SMILES string of the molecule is COc1cc(N)c(Br)cc1OC.O=C1C=CN[C@H](c2ccc(F)cc2)C1. The van der Waals surface area contributed by atoms with Gasteiger partial charge in [-0.25, -0.2) is 4.39 Å². The van der Waals surface area contributed by atoms with Gasteiger partial charge in [-0.3, -0.25) is 4.79 Å². The number of halogens is 2. The number of hydrogen-bond donors (Lipinski definition) is 2. The molecule has 0 aromatic heterocycles. The Morgan fingerprint density at radius 1 is 1.15 bits per heavy atom. The number of carbonyl (C=O) groups is 1. The van der Waals surface area contributed by atoms with Crippen LogP contribution in [0.2, 0.25) is 0 Å². The normalized spacial score (nSPS) is 15.5. The van der Waals surface area contributed by atoms with Crippen LogP contribution in [0.3, 0.4) is 0 Å². The molecule has 0 saturated carbocycles. The van der Waals surface area contributed by atoms with E-state index < -0.39 is 0 Å². The van der Waals surface area contributed by atoms with E-state index in [1.54, 1.807) is 44.7 Å². The average Bonchev–Trinajstić information content (AvgIpc) is 2.64. The van der Waals surface area contributed by atoms with Gasteiger partial charge in [0.15, 0.2) is 17.3 Å². The predicted molar refractivity (Wildman–Crippen MR) is 103 cm³/mol. The quantitative estimate of drug-likeness (QED) is 0.731. The molecule has 2 aromatic rings. The number of methoxy groups -OCH3 is 2. The van der Waals surface area contributed by atoms with Crippen molar-refractivity contribution >= 4 is 27.4 Å². The van der Waals surface area contributed by atoms with Crippen LogP contribution in [0.4, 0.5) is 10.1 Å². The average molecular weight is 423 g/mol. The Hall–Kier alpha value is -2.54. The van der Waals surface area contributed by atoms with Gasteiger partial charge in [0, 0.05) is 34.9 Å². The van der Waals surface area contributed by atoms with Crippen molar-refractivity contribution in [2.45, 2.75) is 12.5 Å². The van der Waals surface area contributed by atoms with Crippen molar-refractivity contribution in [2.24, 2.45) is 0 Å². The van der Waals surface area contributed by atoms with Gasteiger partial charge in [0.05, 0.1) is 20.3 Å². The second-order valence-corrected chi connectivity index (χ2v) is 6.36. The van der Waals surface area contributed by atoms with Gasteiger partial charge in [0.2, 0.25) is 0 Å². The first kappa shape index (κ1) is 19.8. The number of allylic oxidation sites excluding steroid dienone is 1. The fraction of sp³-hybridized carbons (Fsp3) is 0.211. The third-order valence-corrected chi connectivity index (χ3v) is 4.43. The van der Waals surface area contributed by atoms with Gasteiger partial charge < -0.3 is 20.5 Å². The second-order valence-electron chi connectivity index (χ2n) is 5.50. The number of nitrogens with one attached hydrogen (secondary N) is 1. The van der Waals surface area contributed by atoms with Crippen LogP contribution in [-0.2, 0) is 4.79 Å². The van der Waals surface area contributed by atoms with Gasteiger partial charge >= 0.3 is 0 Å². The molecule has 0 spiro atoms. The van der Waals surface area contributed by atoms with Gasteiger partial charge in [-0.15, -0.1) is 0 Å². The fourth-order valence-electron chi connectivity index (χ4n) is 2.36.